The maximum Gasteiger partial charge on any atom is 0.400 e. The van der Waals surface area contributed by atoms with Gasteiger partial charge in [-0.25, -0.2) is 13.2 Å². The fourth-order valence-corrected chi connectivity index (χ4v) is 3.19. The van der Waals surface area contributed by atoms with Crippen LogP contribution in [0.4, 0.5) is 22.0 Å². The smallest absolute Gasteiger partial charge is 0.400 e. The minimum Gasteiger partial charge on any atom is -0.462 e. The molecule has 0 amide bonds. The quantitative estimate of drug-likeness (QED) is 0.264. The van der Waals surface area contributed by atoms with E-state index in [2.05, 4.69) is 6.58 Å². The summed E-state index contributed by atoms with van der Waals surface area (Å²) >= 11 is 0. The van der Waals surface area contributed by atoms with Crippen LogP contribution in [-0.2, 0) is 0 Å². The van der Waals surface area contributed by atoms with Gasteiger partial charge >= 0.3 is 6.11 Å². The Hall–Kier alpha value is -2.05. The van der Waals surface area contributed by atoms with Crippen molar-refractivity contribution in [3.63, 3.8) is 0 Å². The van der Waals surface area contributed by atoms with Gasteiger partial charge in [-0.2, -0.15) is 8.78 Å². The zero-order chi connectivity index (χ0) is 19.9. The van der Waals surface area contributed by atoms with E-state index in [0.717, 1.165) is 31.0 Å². The molecule has 1 aliphatic rings. The van der Waals surface area contributed by atoms with Crippen LogP contribution in [0.25, 0.3) is 0 Å². The summed E-state index contributed by atoms with van der Waals surface area (Å²) < 4.78 is 76.1. The Balaban J connectivity index is 1.93. The minimum absolute atomic E-state index is 0.337. The van der Waals surface area contributed by atoms with Gasteiger partial charge in [0.2, 0.25) is 0 Å². The van der Waals surface area contributed by atoms with Crippen LogP contribution in [-0.4, -0.2) is 12.5 Å². The van der Waals surface area contributed by atoms with E-state index in [9.17, 15) is 22.0 Å². The second kappa shape index (κ2) is 9.76. The molecule has 0 atom stereocenters. The molecule has 0 aliphatic heterocycles. The number of hydrogen-bond acceptors (Lipinski definition) is 2. The molecule has 150 valence electrons. The first-order valence-corrected chi connectivity index (χ1v) is 8.90. The predicted molar refractivity (Wildman–Crippen MR) is 92.6 cm³/mol. The molecule has 0 radical (unpaired) electrons. The summed E-state index contributed by atoms with van der Waals surface area (Å²) in [6.45, 7) is 3.67. The van der Waals surface area contributed by atoms with Gasteiger partial charge in [0.25, 0.3) is 6.43 Å². The highest BCUT2D eigenvalue weighted by atomic mass is 19.3. The van der Waals surface area contributed by atoms with Crippen LogP contribution in [0.15, 0.2) is 43.2 Å². The van der Waals surface area contributed by atoms with E-state index >= 15 is 0 Å². The Bertz CT molecular complexity index is 637. The third-order valence-electron chi connectivity index (χ3n) is 4.68. The van der Waals surface area contributed by atoms with Gasteiger partial charge in [0, 0.05) is 12.1 Å². The average Bonchev–Trinajstić information content (AvgIpc) is 2.61. The van der Waals surface area contributed by atoms with Crippen LogP contribution in [0.1, 0.15) is 38.5 Å². The number of hydrogen-bond donors (Lipinski definition) is 0. The molecule has 2 nitrogen and oxygen atoms in total. The molecule has 1 fully saturated rings. The lowest BCUT2D eigenvalue weighted by atomic mass is 9.79. The van der Waals surface area contributed by atoms with E-state index in [0.29, 0.717) is 43.9 Å². The highest BCUT2D eigenvalue weighted by molar-refractivity contribution is 5.33. The van der Waals surface area contributed by atoms with Gasteiger partial charge in [0.1, 0.15) is 5.75 Å². The molecule has 0 unspecified atom stereocenters. The molecular formula is C20H23F5O2. The third-order valence-corrected chi connectivity index (χ3v) is 4.68. The van der Waals surface area contributed by atoms with Crippen molar-refractivity contribution >= 4 is 0 Å². The zero-order valence-corrected chi connectivity index (χ0v) is 14.9. The van der Waals surface area contributed by atoms with Gasteiger partial charge < -0.3 is 9.47 Å². The van der Waals surface area contributed by atoms with Crippen LogP contribution in [0.2, 0.25) is 0 Å². The van der Waals surface area contributed by atoms with Crippen molar-refractivity contribution in [2.75, 3.05) is 0 Å². The Morgan fingerprint density at radius 1 is 1.19 bits per heavy atom. The Labute approximate surface area is 155 Å². The van der Waals surface area contributed by atoms with Crippen LogP contribution >= 0.6 is 0 Å². The summed E-state index contributed by atoms with van der Waals surface area (Å²) in [6, 6.07) is 2.94. The molecule has 0 aromatic heterocycles. The van der Waals surface area contributed by atoms with Crippen molar-refractivity contribution in [3.8, 4) is 11.5 Å². The summed E-state index contributed by atoms with van der Waals surface area (Å²) in [4.78, 5) is 0. The van der Waals surface area contributed by atoms with Gasteiger partial charge in [-0.05, 0) is 56.6 Å². The average molecular weight is 390 g/mol. The molecule has 0 bridgehead atoms. The first-order chi connectivity index (χ1) is 12.8. The monoisotopic (exact) mass is 390 g/mol. The number of alkyl halides is 4. The zero-order valence-electron chi connectivity index (χ0n) is 14.9. The van der Waals surface area contributed by atoms with Gasteiger partial charge in [-0.15, -0.1) is 6.58 Å². The molecular weight excluding hydrogens is 367 g/mol. The van der Waals surface area contributed by atoms with Crippen molar-refractivity contribution < 1.29 is 31.4 Å². The highest BCUT2D eigenvalue weighted by Gasteiger charge is 2.43. The summed E-state index contributed by atoms with van der Waals surface area (Å²) in [6.07, 6.45) is 0.687. The number of benzene rings is 1. The fraction of sp³-hybridized carbons (Fsp3) is 0.500. The Morgan fingerprint density at radius 2 is 1.89 bits per heavy atom. The molecule has 7 heteroatoms. The van der Waals surface area contributed by atoms with Gasteiger partial charge in [0.15, 0.2) is 11.6 Å². The lowest BCUT2D eigenvalue weighted by Gasteiger charge is -2.33. The molecule has 1 aromatic carbocycles. The second-order valence-corrected chi connectivity index (χ2v) is 6.62. The third kappa shape index (κ3) is 6.56. The lowest BCUT2D eigenvalue weighted by Crippen LogP contribution is -2.37. The van der Waals surface area contributed by atoms with E-state index in [4.69, 9.17) is 9.47 Å². The normalized spacial score (nSPS) is 20.8. The van der Waals surface area contributed by atoms with Crippen LogP contribution in [0.3, 0.4) is 0 Å². The first kappa shape index (κ1) is 21.3. The van der Waals surface area contributed by atoms with E-state index in [1.54, 1.807) is 0 Å². The van der Waals surface area contributed by atoms with Gasteiger partial charge in [-0.1, -0.05) is 6.08 Å². The standard InChI is InChI=1S/C20H23F5O2/c1-2-3-4-14-5-7-15(8-6-14)20(24,25)27-16-9-10-18(17(21)13-16)26-12-11-19(22)23/h2,9-15,19H,1,3-8H2/b12-11+. The number of allylic oxidation sites excluding steroid dienone is 2. The van der Waals surface area contributed by atoms with Gasteiger partial charge in [-0.3, -0.25) is 0 Å². The SMILES string of the molecule is C=CCCC1CCC(C(F)(F)Oc2ccc(O/C=C/C(F)F)c(F)c2)CC1. The highest BCUT2D eigenvalue weighted by Crippen LogP contribution is 2.41. The number of halogens is 5. The molecule has 0 saturated heterocycles. The molecule has 0 heterocycles. The predicted octanol–water partition coefficient (Wildman–Crippen LogP) is 6.73. The first-order valence-electron chi connectivity index (χ1n) is 8.90. The number of rotatable bonds is 9. The van der Waals surface area contributed by atoms with Crippen molar-refractivity contribution in [2.24, 2.45) is 11.8 Å². The topological polar surface area (TPSA) is 18.5 Å². The van der Waals surface area contributed by atoms with Crippen LogP contribution < -0.4 is 9.47 Å². The Morgan fingerprint density at radius 3 is 2.48 bits per heavy atom. The van der Waals surface area contributed by atoms with Crippen molar-refractivity contribution in [2.45, 2.75) is 51.1 Å². The Kier molecular flexibility index (Phi) is 7.68. The summed E-state index contributed by atoms with van der Waals surface area (Å²) in [5.74, 6) is -2.17. The molecule has 2 rings (SSSR count). The minimum atomic E-state index is -3.41. The van der Waals surface area contributed by atoms with Crippen LogP contribution in [0.5, 0.6) is 11.5 Å². The molecule has 0 N–H and O–H groups in total. The molecule has 1 aliphatic carbocycles. The second-order valence-electron chi connectivity index (χ2n) is 6.62. The molecule has 0 spiro atoms. The summed E-state index contributed by atoms with van der Waals surface area (Å²) in [5.41, 5.74) is 0. The van der Waals surface area contributed by atoms with Crippen molar-refractivity contribution in [1.29, 1.82) is 0 Å². The maximum atomic E-state index is 14.4. The summed E-state index contributed by atoms with van der Waals surface area (Å²) in [7, 11) is 0. The van der Waals surface area contributed by atoms with Crippen molar-refractivity contribution in [1.82, 2.24) is 0 Å². The van der Waals surface area contributed by atoms with Gasteiger partial charge in [0.05, 0.1) is 12.2 Å². The van der Waals surface area contributed by atoms with E-state index in [1.165, 1.54) is 0 Å². The molecule has 1 saturated carbocycles. The fourth-order valence-electron chi connectivity index (χ4n) is 3.19. The molecule has 1 aromatic rings. The molecule has 27 heavy (non-hydrogen) atoms. The summed E-state index contributed by atoms with van der Waals surface area (Å²) in [5, 5.41) is 0. The van der Waals surface area contributed by atoms with Crippen LogP contribution in [0, 0.1) is 17.7 Å². The van der Waals surface area contributed by atoms with E-state index in [1.807, 2.05) is 6.08 Å². The van der Waals surface area contributed by atoms with Crippen molar-refractivity contribution in [3.05, 3.63) is 49.0 Å². The van der Waals surface area contributed by atoms with E-state index in [-0.39, 0.29) is 11.5 Å². The lowest BCUT2D eigenvalue weighted by molar-refractivity contribution is -0.223. The number of ether oxygens (including phenoxy) is 2. The largest absolute Gasteiger partial charge is 0.462 e. The maximum absolute atomic E-state index is 14.4. The van der Waals surface area contributed by atoms with E-state index < -0.39 is 24.3 Å².